The number of benzene rings is 2. The summed E-state index contributed by atoms with van der Waals surface area (Å²) in [7, 11) is -3.07. The highest BCUT2D eigenvalue weighted by atomic mass is 28.3. The van der Waals surface area contributed by atoms with E-state index in [1.807, 2.05) is 30.4 Å². The van der Waals surface area contributed by atoms with Crippen LogP contribution in [0.1, 0.15) is 54.0 Å². The van der Waals surface area contributed by atoms with Crippen LogP contribution >= 0.6 is 0 Å². The zero-order valence-corrected chi connectivity index (χ0v) is 35.2. The first-order valence-electron chi connectivity index (χ1n) is 18.5. The predicted octanol–water partition coefficient (Wildman–Crippen LogP) is 7.62. The molecule has 0 atom stereocenters. The van der Waals surface area contributed by atoms with Crippen LogP contribution in [-0.4, -0.2) is 79.5 Å². The van der Waals surface area contributed by atoms with Crippen molar-refractivity contribution in [3.63, 3.8) is 0 Å². The average molecular weight is 732 g/mol. The summed E-state index contributed by atoms with van der Waals surface area (Å²) in [5, 5.41) is 6.18. The Hall–Kier alpha value is -2.81. The highest BCUT2D eigenvalue weighted by Crippen LogP contribution is 2.44. The monoisotopic (exact) mass is 731 g/mol. The van der Waals surface area contributed by atoms with E-state index in [4.69, 9.17) is 28.9 Å². The number of anilines is 1. The molecule has 6 rings (SSSR count). The van der Waals surface area contributed by atoms with Crippen molar-refractivity contribution in [1.29, 1.82) is 0 Å². The van der Waals surface area contributed by atoms with Crippen molar-refractivity contribution in [1.82, 2.24) is 19.3 Å². The van der Waals surface area contributed by atoms with Gasteiger partial charge in [-0.05, 0) is 89.8 Å². The van der Waals surface area contributed by atoms with Gasteiger partial charge in [0.2, 0.25) is 5.91 Å². The van der Waals surface area contributed by atoms with Crippen LogP contribution in [0, 0.1) is 0 Å². The van der Waals surface area contributed by atoms with Gasteiger partial charge in [-0.25, -0.2) is 9.67 Å². The molecule has 0 bridgehead atoms. The molecule has 1 fully saturated rings. The maximum Gasteiger partial charge on any atom is 0.494 e. The number of likely N-dealkylation sites (N-methyl/N-ethyl adjacent to an activating group) is 1. The Morgan fingerprint density at radius 1 is 0.824 bits per heavy atom. The molecule has 0 saturated carbocycles. The minimum Gasteiger partial charge on any atom is -0.399 e. The molecule has 0 radical (unpaired) electrons. The summed E-state index contributed by atoms with van der Waals surface area (Å²) in [6.45, 7) is 31.1. The first-order valence-corrected chi connectivity index (χ1v) is 25.9. The lowest BCUT2D eigenvalue weighted by molar-refractivity contribution is -0.122. The van der Waals surface area contributed by atoms with Gasteiger partial charge in [-0.2, -0.15) is 5.10 Å². The molecule has 0 aliphatic carbocycles. The molecule has 0 unspecified atom stereocenters. The fourth-order valence-electron chi connectivity index (χ4n) is 6.72. The number of fused-ring (bicyclic) bond motifs is 3. The van der Waals surface area contributed by atoms with Gasteiger partial charge in [0, 0.05) is 41.3 Å². The van der Waals surface area contributed by atoms with Crippen molar-refractivity contribution in [2.75, 3.05) is 24.7 Å². The molecule has 4 heterocycles. The van der Waals surface area contributed by atoms with Crippen molar-refractivity contribution in [2.24, 2.45) is 0 Å². The summed E-state index contributed by atoms with van der Waals surface area (Å²) in [5.74, 6) is 0.838. The Morgan fingerprint density at radius 2 is 1.43 bits per heavy atom. The molecular weight excluding hydrogens is 673 g/mol. The second-order valence-electron chi connectivity index (χ2n) is 18.3. The average Bonchev–Trinajstić information content (AvgIpc) is 3.68. The van der Waals surface area contributed by atoms with Crippen LogP contribution in [0.15, 0.2) is 30.3 Å². The van der Waals surface area contributed by atoms with E-state index in [9.17, 15) is 4.79 Å². The van der Waals surface area contributed by atoms with Gasteiger partial charge in [-0.1, -0.05) is 51.4 Å². The summed E-state index contributed by atoms with van der Waals surface area (Å²) in [5.41, 5.74) is 4.75. The third-order valence-corrected chi connectivity index (χ3v) is 14.3. The standard InChI is InChI=1S/C38H58BN5O5Si2/c1-14-42-31-23-32-29(22-28(31)36(2,3)35(42)45)40-34(43(32)24-46-17-19-50(8,9)10)33-27-16-15-26(39-48-37(4,5)38(6,7)49-39)21-30(27)44(41-33)25-47-18-20-51(11,12)13/h15-16,21-23H,14,17-20,24-25H2,1-13H3. The van der Waals surface area contributed by atoms with Crippen molar-refractivity contribution < 1.29 is 23.6 Å². The predicted molar refractivity (Wildman–Crippen MR) is 213 cm³/mol. The molecule has 10 nitrogen and oxygen atoms in total. The lowest BCUT2D eigenvalue weighted by Gasteiger charge is -2.32. The third kappa shape index (κ3) is 7.26. The Morgan fingerprint density at radius 3 is 2.02 bits per heavy atom. The van der Waals surface area contributed by atoms with Gasteiger partial charge in [0.15, 0.2) is 5.82 Å². The number of rotatable bonds is 13. The largest absolute Gasteiger partial charge is 0.494 e. The lowest BCUT2D eigenvalue weighted by atomic mass is 9.78. The SMILES string of the molecule is CCN1C(=O)C(C)(C)c2cc3nc(-c4nn(COCC[Si](C)(C)C)c5cc(B6OC(C)(C)C(C)(C)O6)ccc45)n(COCC[Si](C)(C)C)c3cc21. The fourth-order valence-corrected chi connectivity index (χ4v) is 8.23. The number of imidazole rings is 1. The molecular formula is C38H58BN5O5Si2. The van der Waals surface area contributed by atoms with Gasteiger partial charge in [0.05, 0.1) is 38.9 Å². The van der Waals surface area contributed by atoms with Gasteiger partial charge in [-0.3, -0.25) is 9.36 Å². The first kappa shape index (κ1) is 37.9. The molecule has 2 aromatic carbocycles. The molecule has 4 aromatic rings. The second-order valence-corrected chi connectivity index (χ2v) is 29.5. The molecule has 13 heteroatoms. The van der Waals surface area contributed by atoms with E-state index in [1.165, 1.54) is 0 Å². The van der Waals surface area contributed by atoms with E-state index in [0.29, 0.717) is 33.2 Å². The summed E-state index contributed by atoms with van der Waals surface area (Å²) >= 11 is 0. The number of carbonyl (C=O) groups is 1. The zero-order valence-electron chi connectivity index (χ0n) is 33.2. The number of nitrogens with zero attached hydrogens (tertiary/aromatic N) is 5. The van der Waals surface area contributed by atoms with Crippen LogP contribution in [0.3, 0.4) is 0 Å². The van der Waals surface area contributed by atoms with E-state index < -0.39 is 39.9 Å². The Labute approximate surface area is 306 Å². The molecule has 51 heavy (non-hydrogen) atoms. The minimum atomic E-state index is -1.30. The molecule has 1 amide bonds. The van der Waals surface area contributed by atoms with Crippen molar-refractivity contribution in [2.45, 2.75) is 130 Å². The molecule has 0 spiro atoms. The normalized spacial score (nSPS) is 18.5. The topological polar surface area (TPSA) is 92.9 Å². The Kier molecular flexibility index (Phi) is 9.85. The molecule has 2 aliphatic rings. The molecule has 2 aromatic heterocycles. The molecule has 276 valence electrons. The van der Waals surface area contributed by atoms with Crippen LogP contribution in [0.5, 0.6) is 0 Å². The summed E-state index contributed by atoms with van der Waals surface area (Å²) in [4.78, 5) is 20.6. The van der Waals surface area contributed by atoms with E-state index in [1.54, 1.807) is 0 Å². The fraction of sp³-hybridized carbons (Fsp3) is 0.605. The first-order chi connectivity index (χ1) is 23.6. The second kappa shape index (κ2) is 13.2. The summed E-state index contributed by atoms with van der Waals surface area (Å²) in [6, 6.07) is 12.6. The van der Waals surface area contributed by atoms with Crippen molar-refractivity contribution in [3.05, 3.63) is 35.9 Å². The molecule has 1 saturated heterocycles. The smallest absolute Gasteiger partial charge is 0.399 e. The maximum absolute atomic E-state index is 13.4. The van der Waals surface area contributed by atoms with Gasteiger partial charge in [0.1, 0.15) is 19.2 Å². The van der Waals surface area contributed by atoms with Gasteiger partial charge in [0.25, 0.3) is 0 Å². The number of ether oxygens (including phenoxy) is 2. The number of aromatic nitrogens is 4. The summed E-state index contributed by atoms with van der Waals surface area (Å²) in [6.07, 6.45) is 0. The summed E-state index contributed by atoms with van der Waals surface area (Å²) < 4.78 is 29.7. The van der Waals surface area contributed by atoms with Crippen LogP contribution in [0.25, 0.3) is 33.5 Å². The Bertz CT molecular complexity index is 1940. The van der Waals surface area contributed by atoms with E-state index in [2.05, 4.69) is 102 Å². The number of amides is 1. The highest BCUT2D eigenvalue weighted by Gasteiger charge is 2.52. The zero-order chi connectivity index (χ0) is 37.3. The Balaban J connectivity index is 1.48. The van der Waals surface area contributed by atoms with E-state index in [-0.39, 0.29) is 5.91 Å². The van der Waals surface area contributed by atoms with E-state index in [0.717, 1.165) is 62.3 Å². The maximum atomic E-state index is 13.4. The van der Waals surface area contributed by atoms with Crippen molar-refractivity contribution in [3.8, 4) is 11.5 Å². The van der Waals surface area contributed by atoms with Gasteiger partial charge < -0.3 is 23.7 Å². The number of carbonyl (C=O) groups excluding carboxylic acids is 1. The lowest BCUT2D eigenvalue weighted by Crippen LogP contribution is -2.41. The molecule has 2 aliphatic heterocycles. The number of hydrogen-bond donors (Lipinski definition) is 0. The van der Waals surface area contributed by atoms with Gasteiger partial charge in [-0.15, -0.1) is 0 Å². The number of hydrogen-bond acceptors (Lipinski definition) is 7. The quantitative estimate of drug-likeness (QED) is 0.103. The van der Waals surface area contributed by atoms with Crippen LogP contribution < -0.4 is 10.4 Å². The highest BCUT2D eigenvalue weighted by molar-refractivity contribution is 6.76. The van der Waals surface area contributed by atoms with E-state index >= 15 is 0 Å². The van der Waals surface area contributed by atoms with Gasteiger partial charge >= 0.3 is 7.12 Å². The van der Waals surface area contributed by atoms with Crippen LogP contribution in [-0.2, 0) is 42.5 Å². The third-order valence-electron chi connectivity index (χ3n) is 10.9. The minimum absolute atomic E-state index is 0.113. The molecule has 0 N–H and O–H groups in total. The van der Waals surface area contributed by atoms with Crippen LogP contribution in [0.2, 0.25) is 51.4 Å². The van der Waals surface area contributed by atoms with Crippen LogP contribution in [0.4, 0.5) is 5.69 Å². The van der Waals surface area contributed by atoms with Crippen molar-refractivity contribution >= 4 is 62.3 Å².